The van der Waals surface area contributed by atoms with Crippen LogP contribution in [0.4, 0.5) is 13.2 Å². The zero-order valence-corrected chi connectivity index (χ0v) is 15.8. The fourth-order valence-corrected chi connectivity index (χ4v) is 4.10. The number of hydrogen-bond donors (Lipinski definition) is 4. The van der Waals surface area contributed by atoms with E-state index in [1.165, 1.54) is 0 Å². The first-order chi connectivity index (χ1) is 13.5. The molecule has 0 saturated carbocycles. The molecule has 0 radical (unpaired) electrons. The number of piperidine rings is 1. The van der Waals surface area contributed by atoms with Crippen LogP contribution in [0.25, 0.3) is 0 Å². The molecule has 0 atom stereocenters. The minimum absolute atomic E-state index is 0. The summed E-state index contributed by atoms with van der Waals surface area (Å²) in [5.74, 6) is -1.26. The van der Waals surface area contributed by atoms with Crippen molar-refractivity contribution in [3.63, 3.8) is 0 Å². The molecule has 0 aromatic heterocycles. The van der Waals surface area contributed by atoms with Gasteiger partial charge < -0.3 is 10.5 Å². The van der Waals surface area contributed by atoms with Crippen LogP contribution in [0.15, 0.2) is 41.6 Å². The van der Waals surface area contributed by atoms with Crippen LogP contribution in [0, 0.1) is 5.41 Å². The number of rotatable bonds is 5. The van der Waals surface area contributed by atoms with E-state index in [2.05, 4.69) is 0 Å². The zero-order chi connectivity index (χ0) is 21.8. The molecular formula is C16H21F3N4O5S. The van der Waals surface area contributed by atoms with Crippen LogP contribution in [0.3, 0.4) is 0 Å². The highest BCUT2D eigenvalue weighted by molar-refractivity contribution is 8.04. The van der Waals surface area contributed by atoms with E-state index < -0.39 is 38.4 Å². The maximum absolute atomic E-state index is 12.9. The maximum Gasteiger partial charge on any atom is 0.431 e. The van der Waals surface area contributed by atoms with E-state index in [9.17, 15) is 26.4 Å². The molecular weight excluding hydrogens is 417 g/mol. The number of nitrogens with two attached hydrogens (primary N) is 1. The van der Waals surface area contributed by atoms with E-state index in [-0.39, 0.29) is 33.5 Å². The molecule has 1 fully saturated rings. The summed E-state index contributed by atoms with van der Waals surface area (Å²) in [6, 6.07) is 8.78. The molecule has 0 spiro atoms. The summed E-state index contributed by atoms with van der Waals surface area (Å²) in [6.07, 6.45) is -5.16. The first kappa shape index (κ1) is 22.6. The Balaban J connectivity index is 0.00000450. The minimum atomic E-state index is -5.28. The van der Waals surface area contributed by atoms with Gasteiger partial charge in [0.1, 0.15) is 23.1 Å². The molecule has 2 rings (SSSR count). The van der Waals surface area contributed by atoms with Crippen molar-refractivity contribution in [3.8, 4) is 5.75 Å². The Kier molecular flexibility index (Phi) is 6.87. The molecule has 0 unspecified atom stereocenters. The maximum atomic E-state index is 12.9. The number of ether oxygens (including phenoxy) is 1. The number of para-hydroxylation sites is 1. The van der Waals surface area contributed by atoms with Gasteiger partial charge in [-0.3, -0.25) is 15.4 Å². The number of allylic oxidation sites excluding steroid dienone is 1. The summed E-state index contributed by atoms with van der Waals surface area (Å²) in [5.41, 5.74) is 1.96. The number of carbonyl (C=O) groups is 1. The van der Waals surface area contributed by atoms with Gasteiger partial charge in [-0.15, -0.1) is 0 Å². The molecule has 0 aliphatic carbocycles. The van der Waals surface area contributed by atoms with Gasteiger partial charge in [-0.1, -0.05) is 18.2 Å². The molecule has 162 valence electrons. The molecule has 1 aromatic carbocycles. The average molecular weight is 438 g/mol. The van der Waals surface area contributed by atoms with Crippen molar-refractivity contribution in [3.05, 3.63) is 41.6 Å². The molecule has 1 heterocycles. The molecule has 5 N–H and O–H groups in total. The van der Waals surface area contributed by atoms with Crippen LogP contribution in [0.1, 0.15) is 14.3 Å². The minimum Gasteiger partial charge on any atom is -0.490 e. The van der Waals surface area contributed by atoms with Crippen molar-refractivity contribution in [1.29, 1.82) is 5.41 Å². The van der Waals surface area contributed by atoms with E-state index in [1.807, 2.05) is 0 Å². The Hall–Kier alpha value is -2.64. The van der Waals surface area contributed by atoms with Crippen molar-refractivity contribution >= 4 is 21.0 Å². The molecule has 1 aromatic rings. The summed E-state index contributed by atoms with van der Waals surface area (Å²) >= 11 is 0. The molecule has 1 saturated heterocycles. The molecule has 1 aliphatic rings. The molecule has 9 nitrogen and oxygen atoms in total. The van der Waals surface area contributed by atoms with Crippen molar-refractivity contribution in [2.24, 2.45) is 5.73 Å². The van der Waals surface area contributed by atoms with Crippen molar-refractivity contribution < 1.29 is 37.8 Å². The van der Waals surface area contributed by atoms with Crippen LogP contribution in [-0.4, -0.2) is 54.3 Å². The highest BCUT2D eigenvalue weighted by atomic mass is 32.2. The van der Waals surface area contributed by atoms with Gasteiger partial charge in [-0.25, -0.2) is 13.9 Å². The van der Waals surface area contributed by atoms with Gasteiger partial charge in [0.05, 0.1) is 0 Å². The highest BCUT2D eigenvalue weighted by Gasteiger charge is 2.42. The first-order valence-electron chi connectivity index (χ1n) is 8.30. The highest BCUT2D eigenvalue weighted by Crippen LogP contribution is 2.27. The molecule has 1 aliphatic heterocycles. The van der Waals surface area contributed by atoms with Crippen LogP contribution >= 0.6 is 0 Å². The third-order valence-electron chi connectivity index (χ3n) is 4.18. The predicted octanol–water partition coefficient (Wildman–Crippen LogP) is 1.36. The molecule has 1 amide bonds. The van der Waals surface area contributed by atoms with Crippen LogP contribution in [0.5, 0.6) is 5.75 Å². The number of amides is 1. The number of hydrogen-bond acceptors (Lipinski definition) is 7. The zero-order valence-electron chi connectivity index (χ0n) is 14.9. The summed E-state index contributed by atoms with van der Waals surface area (Å²) < 4.78 is 70.3. The smallest absolute Gasteiger partial charge is 0.431 e. The van der Waals surface area contributed by atoms with E-state index in [1.54, 1.807) is 30.3 Å². The van der Waals surface area contributed by atoms with E-state index >= 15 is 0 Å². The van der Waals surface area contributed by atoms with Crippen molar-refractivity contribution in [2.45, 2.75) is 25.1 Å². The van der Waals surface area contributed by atoms with Crippen LogP contribution < -0.4 is 16.0 Å². The topological polar surface area (TPSA) is 146 Å². The van der Waals surface area contributed by atoms with E-state index in [0.717, 1.165) is 9.79 Å². The first-order valence-corrected chi connectivity index (χ1v) is 9.74. The lowest BCUT2D eigenvalue weighted by molar-refractivity contribution is -0.126. The SMILES string of the molecule is N=C(C(C(=O)NO)=C(N)C(F)(F)F)S(=O)(=O)N1CCC(Oc2ccccc2)CC1.[HH]. The molecule has 29 heavy (non-hydrogen) atoms. The summed E-state index contributed by atoms with van der Waals surface area (Å²) in [6.45, 7) is -0.273. The fourth-order valence-electron chi connectivity index (χ4n) is 2.69. The van der Waals surface area contributed by atoms with Crippen molar-refractivity contribution in [2.75, 3.05) is 13.1 Å². The van der Waals surface area contributed by atoms with Gasteiger partial charge >= 0.3 is 6.18 Å². The van der Waals surface area contributed by atoms with Gasteiger partial charge in [-0.05, 0) is 25.0 Å². The second kappa shape index (κ2) is 8.80. The van der Waals surface area contributed by atoms with Gasteiger partial charge in [0.2, 0.25) is 0 Å². The van der Waals surface area contributed by atoms with E-state index in [4.69, 9.17) is 21.1 Å². The molecule has 0 bridgehead atoms. The second-order valence-electron chi connectivity index (χ2n) is 6.09. The number of nitrogens with one attached hydrogen (secondary N) is 2. The predicted molar refractivity (Wildman–Crippen MR) is 97.6 cm³/mol. The Morgan fingerprint density at radius 3 is 2.31 bits per heavy atom. The fraction of sp³-hybridized carbons (Fsp3) is 0.375. The largest absolute Gasteiger partial charge is 0.490 e. The average Bonchev–Trinajstić information content (AvgIpc) is 2.68. The van der Waals surface area contributed by atoms with E-state index in [0.29, 0.717) is 5.75 Å². The summed E-state index contributed by atoms with van der Waals surface area (Å²) in [5, 5.41) is 14.7. The third-order valence-corrected chi connectivity index (χ3v) is 5.94. The lowest BCUT2D eigenvalue weighted by atomic mass is 10.1. The van der Waals surface area contributed by atoms with Gasteiger partial charge in [0, 0.05) is 14.5 Å². The summed E-state index contributed by atoms with van der Waals surface area (Å²) in [4.78, 5) is 11.6. The second-order valence-corrected chi connectivity index (χ2v) is 7.97. The quantitative estimate of drug-likeness (QED) is 0.180. The van der Waals surface area contributed by atoms with Gasteiger partial charge in [0.25, 0.3) is 15.9 Å². The number of hydroxylamine groups is 1. The number of carbonyl (C=O) groups excluding carboxylic acids is 1. The number of alkyl halides is 3. The normalized spacial score (nSPS) is 17.4. The lowest BCUT2D eigenvalue weighted by Gasteiger charge is -2.31. The number of halogens is 3. The van der Waals surface area contributed by atoms with Crippen LogP contribution in [-0.2, 0) is 14.8 Å². The Labute approximate surface area is 165 Å². The van der Waals surface area contributed by atoms with Gasteiger partial charge in [-0.2, -0.15) is 17.5 Å². The van der Waals surface area contributed by atoms with Crippen LogP contribution in [0.2, 0.25) is 0 Å². The Bertz CT molecular complexity index is 901. The summed E-state index contributed by atoms with van der Waals surface area (Å²) in [7, 11) is -4.77. The molecule has 13 heteroatoms. The third kappa shape index (κ3) is 5.25. The monoisotopic (exact) mass is 438 g/mol. The standard InChI is InChI=1S/C16H19F3N4O5S.H2/c17-16(18,19)13(20)12(15(24)22-25)14(21)29(26,27)23-8-6-11(7-9-23)28-10-4-2-1-3-5-10;/h1-5,11,21,25H,6-9,20H2,(H,22,24);1H. The van der Waals surface area contributed by atoms with Crippen molar-refractivity contribution in [1.82, 2.24) is 9.79 Å². The Morgan fingerprint density at radius 1 is 1.28 bits per heavy atom. The number of nitrogens with zero attached hydrogens (tertiary/aromatic N) is 1. The number of sulfonamides is 1. The van der Waals surface area contributed by atoms with Gasteiger partial charge in [0.15, 0.2) is 5.04 Å². The number of benzene rings is 1. The Morgan fingerprint density at radius 2 is 1.83 bits per heavy atom. The lowest BCUT2D eigenvalue weighted by Crippen LogP contribution is -2.46.